The molecule has 0 saturated heterocycles. The largest absolute Gasteiger partial charge is 0.493 e. The van der Waals surface area contributed by atoms with Gasteiger partial charge in [0.15, 0.2) is 18.1 Å². The molecular formula is C19H19ClN4O5. The van der Waals surface area contributed by atoms with Crippen LogP contribution in [0.2, 0.25) is 5.02 Å². The Hall–Kier alpha value is -3.59. The lowest BCUT2D eigenvalue weighted by Gasteiger charge is -2.11. The summed E-state index contributed by atoms with van der Waals surface area (Å²) in [5.74, 6) is -1.32. The summed E-state index contributed by atoms with van der Waals surface area (Å²) >= 11 is 5.80. The third kappa shape index (κ3) is 6.82. The van der Waals surface area contributed by atoms with E-state index in [1.54, 1.807) is 42.5 Å². The summed E-state index contributed by atoms with van der Waals surface area (Å²) in [6, 6.07) is 11.5. The second kappa shape index (κ2) is 10.7. The molecule has 10 heteroatoms. The Morgan fingerprint density at radius 1 is 1.07 bits per heavy atom. The number of carbonyl (C=O) groups is 3. The van der Waals surface area contributed by atoms with Gasteiger partial charge in [-0.3, -0.25) is 14.4 Å². The van der Waals surface area contributed by atoms with Gasteiger partial charge in [0.1, 0.15) is 0 Å². The van der Waals surface area contributed by atoms with Crippen LogP contribution in [-0.2, 0) is 14.4 Å². The summed E-state index contributed by atoms with van der Waals surface area (Å²) in [5, 5.41) is 9.12. The SMILES string of the molecule is CNC(=O)C(=O)N/N=C\c1ccc(OCC(=O)Nc2ccc(Cl)cc2)c(OC)c1. The van der Waals surface area contributed by atoms with Gasteiger partial charge in [0, 0.05) is 17.8 Å². The fourth-order valence-corrected chi connectivity index (χ4v) is 2.21. The van der Waals surface area contributed by atoms with Crippen molar-refractivity contribution in [3.63, 3.8) is 0 Å². The number of nitrogens with one attached hydrogen (secondary N) is 3. The zero-order valence-corrected chi connectivity index (χ0v) is 16.4. The summed E-state index contributed by atoms with van der Waals surface area (Å²) in [4.78, 5) is 34.4. The lowest BCUT2D eigenvalue weighted by Crippen LogP contribution is -2.35. The van der Waals surface area contributed by atoms with Crippen LogP contribution in [0, 0.1) is 0 Å². The van der Waals surface area contributed by atoms with Crippen molar-refractivity contribution in [1.82, 2.24) is 10.7 Å². The Morgan fingerprint density at radius 2 is 1.79 bits per heavy atom. The van der Waals surface area contributed by atoms with E-state index < -0.39 is 11.8 Å². The summed E-state index contributed by atoms with van der Waals surface area (Å²) in [6.45, 7) is -0.228. The molecule has 9 nitrogen and oxygen atoms in total. The predicted octanol–water partition coefficient (Wildman–Crippen LogP) is 1.56. The van der Waals surface area contributed by atoms with Crippen molar-refractivity contribution in [3.05, 3.63) is 53.1 Å². The van der Waals surface area contributed by atoms with Crippen molar-refractivity contribution in [2.75, 3.05) is 26.1 Å². The van der Waals surface area contributed by atoms with Crippen LogP contribution in [0.25, 0.3) is 0 Å². The number of halogens is 1. The Morgan fingerprint density at radius 3 is 2.45 bits per heavy atom. The Kier molecular flexibility index (Phi) is 7.99. The third-order valence-electron chi connectivity index (χ3n) is 3.49. The van der Waals surface area contributed by atoms with E-state index in [0.717, 1.165) is 0 Å². The molecule has 0 spiro atoms. The predicted molar refractivity (Wildman–Crippen MR) is 108 cm³/mol. The van der Waals surface area contributed by atoms with Crippen molar-refractivity contribution in [2.24, 2.45) is 5.10 Å². The number of hydrazone groups is 1. The van der Waals surface area contributed by atoms with E-state index in [9.17, 15) is 14.4 Å². The number of hydrogen-bond acceptors (Lipinski definition) is 6. The van der Waals surface area contributed by atoms with Gasteiger partial charge >= 0.3 is 11.8 Å². The lowest BCUT2D eigenvalue weighted by molar-refractivity contribution is -0.138. The zero-order valence-electron chi connectivity index (χ0n) is 15.7. The minimum absolute atomic E-state index is 0.228. The molecule has 29 heavy (non-hydrogen) atoms. The van der Waals surface area contributed by atoms with Crippen molar-refractivity contribution < 1.29 is 23.9 Å². The molecule has 3 amide bonds. The number of hydrogen-bond donors (Lipinski definition) is 3. The molecule has 0 aliphatic carbocycles. The molecule has 0 aliphatic heterocycles. The van der Waals surface area contributed by atoms with Crippen LogP contribution in [0.5, 0.6) is 11.5 Å². The normalized spacial score (nSPS) is 10.3. The molecule has 0 atom stereocenters. The second-order valence-corrected chi connectivity index (χ2v) is 5.97. The first-order chi connectivity index (χ1) is 13.9. The maximum atomic E-state index is 12.0. The molecule has 152 valence electrons. The van der Waals surface area contributed by atoms with Crippen molar-refractivity contribution in [2.45, 2.75) is 0 Å². The fraction of sp³-hybridized carbons (Fsp3) is 0.158. The van der Waals surface area contributed by atoms with E-state index in [1.807, 2.05) is 0 Å². The monoisotopic (exact) mass is 418 g/mol. The Balaban J connectivity index is 1.94. The maximum absolute atomic E-state index is 12.0. The number of amides is 3. The minimum Gasteiger partial charge on any atom is -0.493 e. The number of likely N-dealkylation sites (N-methyl/N-ethyl adjacent to an activating group) is 1. The summed E-state index contributed by atoms with van der Waals surface area (Å²) in [5.41, 5.74) is 3.26. The molecule has 0 bridgehead atoms. The van der Waals surface area contributed by atoms with Gasteiger partial charge in [-0.05, 0) is 48.0 Å². The molecule has 2 rings (SSSR count). The number of benzene rings is 2. The molecule has 0 radical (unpaired) electrons. The van der Waals surface area contributed by atoms with Crippen LogP contribution in [0.3, 0.4) is 0 Å². The van der Waals surface area contributed by atoms with Gasteiger partial charge in [-0.2, -0.15) is 5.10 Å². The number of rotatable bonds is 7. The smallest absolute Gasteiger partial charge is 0.329 e. The van der Waals surface area contributed by atoms with E-state index in [4.69, 9.17) is 21.1 Å². The van der Waals surface area contributed by atoms with Gasteiger partial charge in [-0.25, -0.2) is 5.43 Å². The van der Waals surface area contributed by atoms with Crippen LogP contribution in [0.15, 0.2) is 47.6 Å². The number of methoxy groups -OCH3 is 1. The molecule has 2 aromatic carbocycles. The molecular weight excluding hydrogens is 400 g/mol. The van der Waals surface area contributed by atoms with Crippen LogP contribution in [0.1, 0.15) is 5.56 Å². The van der Waals surface area contributed by atoms with E-state index in [0.29, 0.717) is 27.8 Å². The average molecular weight is 419 g/mol. The number of nitrogens with zero attached hydrogens (tertiary/aromatic N) is 1. The van der Waals surface area contributed by atoms with Gasteiger partial charge in [0.25, 0.3) is 5.91 Å². The minimum atomic E-state index is -0.887. The molecule has 3 N–H and O–H groups in total. The summed E-state index contributed by atoms with van der Waals surface area (Å²) in [6.07, 6.45) is 1.33. The molecule has 0 aliphatic rings. The van der Waals surface area contributed by atoms with Gasteiger partial charge in [0.2, 0.25) is 0 Å². The van der Waals surface area contributed by atoms with Gasteiger partial charge in [0.05, 0.1) is 13.3 Å². The molecule has 0 aromatic heterocycles. The lowest BCUT2D eigenvalue weighted by atomic mass is 10.2. The molecule has 0 unspecified atom stereocenters. The summed E-state index contributed by atoms with van der Waals surface area (Å²) < 4.78 is 10.7. The number of carbonyl (C=O) groups excluding carboxylic acids is 3. The number of anilines is 1. The second-order valence-electron chi connectivity index (χ2n) is 5.53. The molecule has 0 saturated carbocycles. The van der Waals surface area contributed by atoms with E-state index in [-0.39, 0.29) is 12.5 Å². The highest BCUT2D eigenvalue weighted by atomic mass is 35.5. The molecule has 0 fully saturated rings. The Labute approximate surface area is 172 Å². The van der Waals surface area contributed by atoms with Crippen molar-refractivity contribution in [3.8, 4) is 11.5 Å². The van der Waals surface area contributed by atoms with Crippen LogP contribution < -0.4 is 25.5 Å². The van der Waals surface area contributed by atoms with Gasteiger partial charge in [-0.15, -0.1) is 0 Å². The summed E-state index contributed by atoms with van der Waals surface area (Å²) in [7, 11) is 2.79. The fourth-order valence-electron chi connectivity index (χ4n) is 2.09. The topological polar surface area (TPSA) is 118 Å². The van der Waals surface area contributed by atoms with E-state index in [1.165, 1.54) is 20.4 Å². The highest BCUT2D eigenvalue weighted by Gasteiger charge is 2.10. The van der Waals surface area contributed by atoms with Crippen LogP contribution in [0.4, 0.5) is 5.69 Å². The standard InChI is InChI=1S/C19H19ClN4O5/c1-21-18(26)19(27)24-22-10-12-3-8-15(16(9-12)28-2)29-11-17(25)23-14-6-4-13(20)5-7-14/h3-10H,11H2,1-2H3,(H,21,26)(H,23,25)(H,24,27)/b22-10-. The van der Waals surface area contributed by atoms with E-state index >= 15 is 0 Å². The quantitative estimate of drug-likeness (QED) is 0.358. The molecule has 0 heterocycles. The van der Waals surface area contributed by atoms with E-state index in [2.05, 4.69) is 21.2 Å². The van der Waals surface area contributed by atoms with Crippen molar-refractivity contribution >= 4 is 41.2 Å². The zero-order chi connectivity index (χ0) is 21.2. The van der Waals surface area contributed by atoms with Crippen LogP contribution >= 0.6 is 11.6 Å². The average Bonchev–Trinajstić information content (AvgIpc) is 2.73. The highest BCUT2D eigenvalue weighted by Crippen LogP contribution is 2.27. The first-order valence-corrected chi connectivity index (χ1v) is 8.72. The molecule has 2 aromatic rings. The Bertz CT molecular complexity index is 915. The van der Waals surface area contributed by atoms with Crippen molar-refractivity contribution in [1.29, 1.82) is 0 Å². The highest BCUT2D eigenvalue weighted by molar-refractivity contribution is 6.35. The maximum Gasteiger partial charge on any atom is 0.329 e. The first-order valence-electron chi connectivity index (χ1n) is 8.34. The van der Waals surface area contributed by atoms with Gasteiger partial charge < -0.3 is 20.1 Å². The first kappa shape index (κ1) is 21.7. The number of ether oxygens (including phenoxy) is 2. The third-order valence-corrected chi connectivity index (χ3v) is 3.74. The van der Waals surface area contributed by atoms with Gasteiger partial charge in [-0.1, -0.05) is 11.6 Å². The van der Waals surface area contributed by atoms with Crippen LogP contribution in [-0.4, -0.2) is 44.7 Å².